The third kappa shape index (κ3) is 5.07. The summed E-state index contributed by atoms with van der Waals surface area (Å²) in [5.41, 5.74) is 4.96. The number of amides is 3. The monoisotopic (exact) mass is 393 g/mol. The Morgan fingerprint density at radius 3 is 2.81 bits per heavy atom. The predicted octanol–water partition coefficient (Wildman–Crippen LogP) is 3.11. The van der Waals surface area contributed by atoms with Crippen molar-refractivity contribution in [1.82, 2.24) is 20.1 Å². The zero-order chi connectivity index (χ0) is 18.4. The van der Waals surface area contributed by atoms with Gasteiger partial charge in [0.05, 0.1) is 0 Å². The van der Waals surface area contributed by atoms with Crippen molar-refractivity contribution < 1.29 is 9.59 Å². The summed E-state index contributed by atoms with van der Waals surface area (Å²) in [7, 11) is 0. The van der Waals surface area contributed by atoms with E-state index in [1.165, 1.54) is 35.9 Å². The fraction of sp³-hybridized carbons (Fsp3) is 0.529. The number of rotatable bonds is 7. The molecule has 0 bridgehead atoms. The minimum atomic E-state index is -0.816. The summed E-state index contributed by atoms with van der Waals surface area (Å²) in [6.07, 6.45) is 7.03. The highest BCUT2D eigenvalue weighted by atomic mass is 32.2. The Labute approximate surface area is 160 Å². The van der Waals surface area contributed by atoms with Gasteiger partial charge in [0.2, 0.25) is 5.91 Å². The number of thioether (sulfide) groups is 1. The molecule has 0 spiro atoms. The van der Waals surface area contributed by atoms with Crippen molar-refractivity contribution in [2.24, 2.45) is 5.73 Å². The van der Waals surface area contributed by atoms with Gasteiger partial charge in [-0.05, 0) is 24.3 Å². The molecule has 2 aromatic heterocycles. The summed E-state index contributed by atoms with van der Waals surface area (Å²) in [5, 5.41) is 13.8. The first-order chi connectivity index (χ1) is 12.6. The second kappa shape index (κ2) is 9.18. The first kappa shape index (κ1) is 18.9. The molecule has 140 valence electrons. The maximum atomic E-state index is 11.6. The van der Waals surface area contributed by atoms with Crippen molar-refractivity contribution in [3.05, 3.63) is 28.2 Å². The molecule has 0 unspecified atom stereocenters. The molecule has 3 rings (SSSR count). The van der Waals surface area contributed by atoms with Crippen LogP contribution in [0.15, 0.2) is 22.7 Å². The van der Waals surface area contributed by atoms with Gasteiger partial charge in [0, 0.05) is 29.5 Å². The molecule has 7 nitrogen and oxygen atoms in total. The van der Waals surface area contributed by atoms with Gasteiger partial charge in [0.1, 0.15) is 5.82 Å². The Morgan fingerprint density at radius 1 is 1.31 bits per heavy atom. The minimum absolute atomic E-state index is 0.214. The van der Waals surface area contributed by atoms with Crippen molar-refractivity contribution in [3.8, 4) is 0 Å². The zero-order valence-electron chi connectivity index (χ0n) is 14.5. The molecule has 9 heteroatoms. The van der Waals surface area contributed by atoms with Crippen LogP contribution in [-0.4, -0.2) is 32.5 Å². The topological polar surface area (TPSA) is 103 Å². The Bertz CT molecular complexity index is 738. The van der Waals surface area contributed by atoms with Crippen LogP contribution in [0.3, 0.4) is 0 Å². The number of imide groups is 1. The lowest BCUT2D eigenvalue weighted by Gasteiger charge is -2.25. The molecule has 3 amide bonds. The van der Waals surface area contributed by atoms with E-state index in [0.717, 1.165) is 30.2 Å². The Morgan fingerprint density at radius 2 is 2.12 bits per heavy atom. The van der Waals surface area contributed by atoms with E-state index in [1.54, 1.807) is 11.3 Å². The lowest BCUT2D eigenvalue weighted by Crippen LogP contribution is -2.35. The third-order valence-corrected chi connectivity index (χ3v) is 6.23. The average molecular weight is 394 g/mol. The molecule has 26 heavy (non-hydrogen) atoms. The van der Waals surface area contributed by atoms with Gasteiger partial charge in [-0.1, -0.05) is 37.1 Å². The number of hydrogen-bond acceptors (Lipinski definition) is 6. The molecule has 1 aliphatic carbocycles. The third-order valence-electron chi connectivity index (χ3n) is 4.41. The van der Waals surface area contributed by atoms with Crippen molar-refractivity contribution in [3.63, 3.8) is 0 Å². The minimum Gasteiger partial charge on any atom is -0.351 e. The van der Waals surface area contributed by atoms with Gasteiger partial charge in [-0.3, -0.25) is 10.1 Å². The smallest absolute Gasteiger partial charge is 0.318 e. The number of hydrogen-bond donors (Lipinski definition) is 2. The lowest BCUT2D eigenvalue weighted by atomic mass is 9.95. The number of nitrogens with two attached hydrogens (primary N) is 1. The van der Waals surface area contributed by atoms with Gasteiger partial charge in [-0.15, -0.1) is 21.5 Å². The van der Waals surface area contributed by atoms with E-state index in [9.17, 15) is 9.59 Å². The van der Waals surface area contributed by atoms with Crippen LogP contribution < -0.4 is 11.1 Å². The van der Waals surface area contributed by atoms with E-state index >= 15 is 0 Å². The molecule has 0 aliphatic heterocycles. The van der Waals surface area contributed by atoms with Gasteiger partial charge in [0.15, 0.2) is 5.16 Å². The zero-order valence-corrected chi connectivity index (χ0v) is 16.2. The van der Waals surface area contributed by atoms with E-state index in [-0.39, 0.29) is 12.3 Å². The summed E-state index contributed by atoms with van der Waals surface area (Å²) in [6.45, 7) is 0. The van der Waals surface area contributed by atoms with Gasteiger partial charge in [0.25, 0.3) is 0 Å². The molecule has 0 radical (unpaired) electrons. The Kier molecular flexibility index (Phi) is 6.67. The summed E-state index contributed by atoms with van der Waals surface area (Å²) in [5.74, 6) is 1.15. The molecule has 1 fully saturated rings. The second-order valence-electron chi connectivity index (χ2n) is 6.33. The molecule has 0 saturated heterocycles. The van der Waals surface area contributed by atoms with Crippen LogP contribution in [0.5, 0.6) is 0 Å². The summed E-state index contributed by atoms with van der Waals surface area (Å²) in [6, 6.07) is 3.78. The second-order valence-corrected chi connectivity index (χ2v) is 8.42. The van der Waals surface area contributed by atoms with Crippen molar-refractivity contribution in [2.75, 3.05) is 5.75 Å². The van der Waals surface area contributed by atoms with Crippen LogP contribution in [0.4, 0.5) is 4.79 Å². The van der Waals surface area contributed by atoms with E-state index in [1.807, 2.05) is 6.07 Å². The molecular weight excluding hydrogens is 370 g/mol. The van der Waals surface area contributed by atoms with Crippen LogP contribution in [-0.2, 0) is 11.2 Å². The van der Waals surface area contributed by atoms with Crippen molar-refractivity contribution in [1.29, 1.82) is 0 Å². The number of urea groups is 1. The summed E-state index contributed by atoms with van der Waals surface area (Å²) in [4.78, 5) is 23.6. The van der Waals surface area contributed by atoms with E-state index in [2.05, 4.69) is 31.5 Å². The number of aromatic nitrogens is 3. The van der Waals surface area contributed by atoms with Crippen LogP contribution in [0.1, 0.15) is 55.3 Å². The lowest BCUT2D eigenvalue weighted by molar-refractivity contribution is -0.119. The first-order valence-electron chi connectivity index (χ1n) is 8.81. The number of primary amides is 1. The molecule has 0 aromatic carbocycles. The number of carbonyl (C=O) groups is 2. The van der Waals surface area contributed by atoms with E-state index in [0.29, 0.717) is 11.8 Å². The molecule has 1 saturated carbocycles. The summed E-state index contributed by atoms with van der Waals surface area (Å²) >= 11 is 3.23. The largest absolute Gasteiger partial charge is 0.351 e. The Balaban J connectivity index is 1.70. The van der Waals surface area contributed by atoms with Crippen LogP contribution in [0.2, 0.25) is 0 Å². The number of nitrogens with one attached hydrogen (secondary N) is 1. The highest BCUT2D eigenvalue weighted by molar-refractivity contribution is 7.99. The number of carbonyl (C=O) groups excluding carboxylic acids is 2. The summed E-state index contributed by atoms with van der Waals surface area (Å²) < 4.78 is 2.27. The van der Waals surface area contributed by atoms with Crippen LogP contribution in [0.25, 0.3) is 0 Å². The van der Waals surface area contributed by atoms with E-state index in [4.69, 9.17) is 5.73 Å². The highest BCUT2D eigenvalue weighted by Gasteiger charge is 2.23. The standard InChI is InChI=1S/C17H23N5O2S2/c18-16(24)19-15(23)8-10-26-17-21-20-14(11-13-7-4-9-25-13)22(17)12-5-2-1-3-6-12/h4,7,9,12H,1-3,5-6,8,10-11H2,(H3,18,19,23,24). The van der Waals surface area contributed by atoms with Gasteiger partial charge in [-0.25, -0.2) is 4.79 Å². The van der Waals surface area contributed by atoms with Gasteiger partial charge < -0.3 is 10.3 Å². The molecule has 2 aromatic rings. The highest BCUT2D eigenvalue weighted by Crippen LogP contribution is 2.33. The van der Waals surface area contributed by atoms with Gasteiger partial charge in [-0.2, -0.15) is 0 Å². The fourth-order valence-electron chi connectivity index (χ4n) is 3.24. The normalized spacial score (nSPS) is 15.1. The van der Waals surface area contributed by atoms with Crippen molar-refractivity contribution >= 4 is 35.0 Å². The van der Waals surface area contributed by atoms with Crippen LogP contribution in [0, 0.1) is 0 Å². The van der Waals surface area contributed by atoms with Crippen molar-refractivity contribution in [2.45, 2.75) is 56.1 Å². The Hall–Kier alpha value is -1.87. The van der Waals surface area contributed by atoms with Gasteiger partial charge >= 0.3 is 6.03 Å². The first-order valence-corrected chi connectivity index (χ1v) is 10.7. The molecule has 1 aliphatic rings. The number of nitrogens with zero attached hydrogens (tertiary/aromatic N) is 3. The SMILES string of the molecule is NC(=O)NC(=O)CCSc1nnc(Cc2cccs2)n1C1CCCCC1. The molecule has 0 atom stereocenters. The predicted molar refractivity (Wildman–Crippen MR) is 102 cm³/mol. The molecular formula is C17H23N5O2S2. The fourth-order valence-corrected chi connectivity index (χ4v) is 4.90. The quantitative estimate of drug-likeness (QED) is 0.704. The van der Waals surface area contributed by atoms with Crippen LogP contribution >= 0.6 is 23.1 Å². The molecule has 3 N–H and O–H groups in total. The number of thiophene rings is 1. The molecule has 2 heterocycles. The maximum absolute atomic E-state index is 11.6. The maximum Gasteiger partial charge on any atom is 0.318 e. The average Bonchev–Trinajstić information content (AvgIpc) is 3.25. The van der Waals surface area contributed by atoms with E-state index < -0.39 is 6.03 Å².